The van der Waals surface area contributed by atoms with E-state index in [2.05, 4.69) is 21.2 Å². The van der Waals surface area contributed by atoms with Crippen molar-refractivity contribution in [1.29, 1.82) is 0 Å². The molecule has 92 valence electrons. The lowest BCUT2D eigenvalue weighted by Gasteiger charge is -2.07. The standard InChI is InChI=1S/C13H8BrClFNO/c14-11-5-4-10(16)7-12(11)17-13(18)8-2-1-3-9(15)6-8/h1-7H,(H,17,18). The van der Waals surface area contributed by atoms with Gasteiger partial charge < -0.3 is 5.32 Å². The zero-order valence-electron chi connectivity index (χ0n) is 9.08. The van der Waals surface area contributed by atoms with E-state index in [1.54, 1.807) is 24.3 Å². The van der Waals surface area contributed by atoms with Crippen LogP contribution in [0, 0.1) is 5.82 Å². The molecule has 0 saturated heterocycles. The first-order valence-corrected chi connectivity index (χ1v) is 6.25. The highest BCUT2D eigenvalue weighted by atomic mass is 79.9. The molecule has 0 heterocycles. The minimum absolute atomic E-state index is 0.344. The Kier molecular flexibility index (Phi) is 3.99. The number of halogens is 3. The first-order valence-electron chi connectivity index (χ1n) is 5.08. The molecular weight excluding hydrogens is 321 g/mol. The Morgan fingerprint density at radius 1 is 1.22 bits per heavy atom. The van der Waals surface area contributed by atoms with E-state index in [1.165, 1.54) is 18.2 Å². The minimum Gasteiger partial charge on any atom is -0.321 e. The average molecular weight is 329 g/mol. The summed E-state index contributed by atoms with van der Waals surface area (Å²) in [4.78, 5) is 11.9. The third-order valence-corrected chi connectivity index (χ3v) is 3.19. The quantitative estimate of drug-likeness (QED) is 0.864. The Morgan fingerprint density at radius 3 is 2.72 bits per heavy atom. The molecule has 0 bridgehead atoms. The van der Waals surface area contributed by atoms with Crippen LogP contribution in [0.3, 0.4) is 0 Å². The van der Waals surface area contributed by atoms with Crippen molar-refractivity contribution in [3.05, 3.63) is 63.3 Å². The third kappa shape index (κ3) is 3.09. The summed E-state index contributed by atoms with van der Waals surface area (Å²) in [5.74, 6) is -0.761. The monoisotopic (exact) mass is 327 g/mol. The lowest BCUT2D eigenvalue weighted by Crippen LogP contribution is -2.12. The summed E-state index contributed by atoms with van der Waals surface area (Å²) in [6.45, 7) is 0. The van der Waals surface area contributed by atoms with Crippen molar-refractivity contribution in [2.24, 2.45) is 0 Å². The van der Waals surface area contributed by atoms with Crippen molar-refractivity contribution < 1.29 is 9.18 Å². The van der Waals surface area contributed by atoms with Crippen LogP contribution >= 0.6 is 27.5 Å². The number of rotatable bonds is 2. The van der Waals surface area contributed by atoms with Crippen LogP contribution in [-0.2, 0) is 0 Å². The summed E-state index contributed by atoms with van der Waals surface area (Å²) in [5.41, 5.74) is 0.790. The van der Waals surface area contributed by atoms with Crippen LogP contribution in [0.1, 0.15) is 10.4 Å². The third-order valence-electron chi connectivity index (χ3n) is 2.26. The van der Waals surface area contributed by atoms with Gasteiger partial charge in [0.1, 0.15) is 5.82 Å². The Balaban J connectivity index is 2.24. The number of nitrogens with one attached hydrogen (secondary N) is 1. The van der Waals surface area contributed by atoms with Crippen LogP contribution in [0.15, 0.2) is 46.9 Å². The van der Waals surface area contributed by atoms with E-state index in [9.17, 15) is 9.18 Å². The van der Waals surface area contributed by atoms with Crippen molar-refractivity contribution in [1.82, 2.24) is 0 Å². The van der Waals surface area contributed by atoms with Gasteiger partial charge in [-0.25, -0.2) is 4.39 Å². The van der Waals surface area contributed by atoms with E-state index >= 15 is 0 Å². The smallest absolute Gasteiger partial charge is 0.255 e. The second kappa shape index (κ2) is 5.50. The molecule has 2 aromatic carbocycles. The summed E-state index contributed by atoms with van der Waals surface area (Å²) in [6.07, 6.45) is 0. The van der Waals surface area contributed by atoms with Gasteiger partial charge in [-0.3, -0.25) is 4.79 Å². The molecule has 0 radical (unpaired) electrons. The summed E-state index contributed by atoms with van der Waals surface area (Å²) in [7, 11) is 0. The Hall–Kier alpha value is -1.39. The number of hydrogen-bond donors (Lipinski definition) is 1. The number of anilines is 1. The number of carbonyl (C=O) groups is 1. The van der Waals surface area contributed by atoms with Crippen LogP contribution < -0.4 is 5.32 Å². The first-order chi connectivity index (χ1) is 8.56. The van der Waals surface area contributed by atoms with E-state index < -0.39 is 5.82 Å². The SMILES string of the molecule is O=C(Nc1cc(F)ccc1Br)c1cccc(Cl)c1. The minimum atomic E-state index is -0.417. The van der Waals surface area contributed by atoms with Crippen LogP contribution in [0.4, 0.5) is 10.1 Å². The fourth-order valence-corrected chi connectivity index (χ4v) is 1.95. The Morgan fingerprint density at radius 2 is 2.00 bits per heavy atom. The fraction of sp³-hybridized carbons (Fsp3) is 0. The van der Waals surface area contributed by atoms with Crippen LogP contribution in [-0.4, -0.2) is 5.91 Å². The maximum absolute atomic E-state index is 13.1. The molecule has 1 amide bonds. The number of hydrogen-bond acceptors (Lipinski definition) is 1. The second-order valence-electron chi connectivity index (χ2n) is 3.59. The predicted octanol–water partition coefficient (Wildman–Crippen LogP) is 4.49. The zero-order chi connectivity index (χ0) is 13.1. The lowest BCUT2D eigenvalue weighted by atomic mass is 10.2. The van der Waals surface area contributed by atoms with Crippen molar-refractivity contribution in [2.45, 2.75) is 0 Å². The second-order valence-corrected chi connectivity index (χ2v) is 4.88. The molecule has 0 spiro atoms. The van der Waals surface area contributed by atoms with Gasteiger partial charge in [0, 0.05) is 15.1 Å². The van der Waals surface area contributed by atoms with Gasteiger partial charge in [-0.1, -0.05) is 17.7 Å². The van der Waals surface area contributed by atoms with Gasteiger partial charge >= 0.3 is 0 Å². The lowest BCUT2D eigenvalue weighted by molar-refractivity contribution is 0.102. The number of amides is 1. The Labute approximate surface area is 117 Å². The summed E-state index contributed by atoms with van der Waals surface area (Å²) >= 11 is 9.04. The molecule has 2 rings (SSSR count). The molecular formula is C13H8BrClFNO. The van der Waals surface area contributed by atoms with E-state index in [-0.39, 0.29) is 5.91 Å². The van der Waals surface area contributed by atoms with Gasteiger partial charge in [-0.15, -0.1) is 0 Å². The highest BCUT2D eigenvalue weighted by Crippen LogP contribution is 2.24. The van der Waals surface area contributed by atoms with Crippen molar-refractivity contribution >= 4 is 39.1 Å². The molecule has 5 heteroatoms. The van der Waals surface area contributed by atoms with Gasteiger partial charge in [0.2, 0.25) is 0 Å². The van der Waals surface area contributed by atoms with E-state index in [0.29, 0.717) is 20.7 Å². The summed E-state index contributed by atoms with van der Waals surface area (Å²) in [5, 5.41) is 3.08. The Bertz CT molecular complexity index is 603. The van der Waals surface area contributed by atoms with Gasteiger partial charge in [-0.2, -0.15) is 0 Å². The van der Waals surface area contributed by atoms with Gasteiger partial charge in [-0.05, 0) is 52.3 Å². The topological polar surface area (TPSA) is 29.1 Å². The molecule has 0 saturated carbocycles. The molecule has 0 fully saturated rings. The zero-order valence-corrected chi connectivity index (χ0v) is 11.4. The number of benzene rings is 2. The molecule has 2 aromatic rings. The van der Waals surface area contributed by atoms with Gasteiger partial charge in [0.25, 0.3) is 5.91 Å². The molecule has 0 atom stereocenters. The molecule has 18 heavy (non-hydrogen) atoms. The molecule has 0 aromatic heterocycles. The molecule has 2 nitrogen and oxygen atoms in total. The maximum atomic E-state index is 13.1. The molecule has 0 aliphatic heterocycles. The molecule has 0 unspecified atom stereocenters. The van der Waals surface area contributed by atoms with Crippen molar-refractivity contribution in [2.75, 3.05) is 5.32 Å². The van der Waals surface area contributed by atoms with E-state index in [1.807, 2.05) is 0 Å². The largest absolute Gasteiger partial charge is 0.321 e. The van der Waals surface area contributed by atoms with Crippen molar-refractivity contribution in [3.63, 3.8) is 0 Å². The molecule has 0 aliphatic carbocycles. The predicted molar refractivity (Wildman–Crippen MR) is 73.5 cm³/mol. The summed E-state index contributed by atoms with van der Waals surface area (Å²) in [6, 6.07) is 10.6. The molecule has 0 aliphatic rings. The first kappa shape index (κ1) is 13.1. The van der Waals surface area contributed by atoms with E-state index in [0.717, 1.165) is 0 Å². The highest BCUT2D eigenvalue weighted by Gasteiger charge is 2.09. The van der Waals surface area contributed by atoms with Crippen molar-refractivity contribution in [3.8, 4) is 0 Å². The average Bonchev–Trinajstić information content (AvgIpc) is 2.34. The number of carbonyl (C=O) groups excluding carboxylic acids is 1. The molecule has 1 N–H and O–H groups in total. The van der Waals surface area contributed by atoms with Crippen LogP contribution in [0.2, 0.25) is 5.02 Å². The summed E-state index contributed by atoms with van der Waals surface area (Å²) < 4.78 is 13.7. The fourth-order valence-electron chi connectivity index (χ4n) is 1.42. The highest BCUT2D eigenvalue weighted by molar-refractivity contribution is 9.10. The normalized spacial score (nSPS) is 10.2. The van der Waals surface area contributed by atoms with E-state index in [4.69, 9.17) is 11.6 Å². The van der Waals surface area contributed by atoms with Gasteiger partial charge in [0.05, 0.1) is 5.69 Å². The van der Waals surface area contributed by atoms with Gasteiger partial charge in [0.15, 0.2) is 0 Å². The van der Waals surface area contributed by atoms with Crippen LogP contribution in [0.5, 0.6) is 0 Å². The van der Waals surface area contributed by atoms with Crippen LogP contribution in [0.25, 0.3) is 0 Å². The maximum Gasteiger partial charge on any atom is 0.255 e.